The molecular weight excluding hydrogens is 633 g/mol. The Labute approximate surface area is 240 Å². The molecule has 0 radical (unpaired) electrons. The van der Waals surface area contributed by atoms with Crippen molar-refractivity contribution in [2.75, 3.05) is 31.1 Å². The molecule has 0 fully saturated rings. The molecule has 0 amide bonds. The summed E-state index contributed by atoms with van der Waals surface area (Å²) in [7, 11) is 0. The first-order chi connectivity index (χ1) is 15.6. The predicted octanol–water partition coefficient (Wildman–Crippen LogP) is 10.3. The van der Waals surface area contributed by atoms with Gasteiger partial charge in [-0.2, -0.15) is 0 Å². The Balaban J connectivity index is 1.34. The zero-order valence-corrected chi connectivity index (χ0v) is 27.1. The molecule has 174 valence electrons. The molecule has 2 nitrogen and oxygen atoms in total. The van der Waals surface area contributed by atoms with Crippen LogP contribution in [0.3, 0.4) is 0 Å². The lowest BCUT2D eigenvalue weighted by Crippen LogP contribution is -2.04. The minimum Gasteiger partial charge on any atom is -0.466 e. The molecule has 4 aliphatic rings. The quantitative estimate of drug-likeness (QED) is 0.233. The summed E-state index contributed by atoms with van der Waals surface area (Å²) in [5, 5.41) is 0. The molecule has 0 N–H and O–H groups in total. The summed E-state index contributed by atoms with van der Waals surface area (Å²) in [6.07, 6.45) is 6.94. The van der Waals surface area contributed by atoms with Gasteiger partial charge < -0.3 is 4.74 Å². The second-order valence-electron chi connectivity index (χ2n) is 5.71. The van der Waals surface area contributed by atoms with Gasteiger partial charge in [0.05, 0.1) is 55.4 Å². The molecule has 0 spiro atoms. The smallest absolute Gasteiger partial charge is 0.306 e. The van der Waals surface area contributed by atoms with Crippen molar-refractivity contribution in [3.8, 4) is 0 Å². The van der Waals surface area contributed by atoms with E-state index in [1.54, 1.807) is 23.5 Å². The minimum absolute atomic E-state index is 0.106. The van der Waals surface area contributed by atoms with Gasteiger partial charge in [-0.1, -0.05) is 94.1 Å². The number of hydrogen-bond donors (Lipinski definition) is 0. The Kier molecular flexibility index (Phi) is 11.3. The van der Waals surface area contributed by atoms with Crippen LogP contribution in [0.1, 0.15) is 13.3 Å². The maximum atomic E-state index is 11.6. The SMILES string of the molecule is CCOC(=O)CCSC1=C(SC)SC(=C2SC3=C(SC(=C4SC(SC)=C(SC)S4)S3)S2)S1. The molecule has 0 saturated carbocycles. The Morgan fingerprint density at radius 2 is 1.03 bits per heavy atom. The molecule has 4 rings (SSSR count). The molecule has 0 aromatic heterocycles. The van der Waals surface area contributed by atoms with E-state index in [4.69, 9.17) is 4.74 Å². The summed E-state index contributed by atoms with van der Waals surface area (Å²) in [6.45, 7) is 2.31. The van der Waals surface area contributed by atoms with E-state index in [1.807, 2.05) is 125 Å². The summed E-state index contributed by atoms with van der Waals surface area (Å²) >= 11 is 22.7. The third-order valence-electron chi connectivity index (χ3n) is 3.72. The lowest BCUT2D eigenvalue weighted by molar-refractivity contribution is -0.142. The van der Waals surface area contributed by atoms with E-state index < -0.39 is 0 Å². The second kappa shape index (κ2) is 13.3. The predicted molar refractivity (Wildman–Crippen MR) is 170 cm³/mol. The number of carbonyl (C=O) groups is 1. The minimum atomic E-state index is -0.106. The van der Waals surface area contributed by atoms with E-state index in [9.17, 15) is 4.79 Å². The standard InChI is InChI=1S/C18H18O2S12/c1-5-20-8(19)6-7-24-12-11(23-4)27-14(28-12)16-31-17-18(32-16)30-15(29-17)13-25-9(21-2)10(22-3)26-13/h5-7H2,1-4H3. The number of thioether (sulfide) groups is 12. The van der Waals surface area contributed by atoms with Crippen LogP contribution in [0.2, 0.25) is 0 Å². The van der Waals surface area contributed by atoms with Crippen molar-refractivity contribution in [2.24, 2.45) is 0 Å². The summed E-state index contributed by atoms with van der Waals surface area (Å²) < 4.78 is 19.1. The van der Waals surface area contributed by atoms with Gasteiger partial charge in [-0.25, -0.2) is 0 Å². The Bertz CT molecular complexity index is 921. The molecule has 14 heteroatoms. The van der Waals surface area contributed by atoms with Gasteiger partial charge in [-0.3, -0.25) is 4.79 Å². The average molecular weight is 651 g/mol. The lowest BCUT2D eigenvalue weighted by atomic mass is 10.5. The Morgan fingerprint density at radius 3 is 1.44 bits per heavy atom. The molecular formula is C18H18O2S12. The van der Waals surface area contributed by atoms with Crippen LogP contribution in [-0.2, 0) is 9.53 Å². The fourth-order valence-corrected chi connectivity index (χ4v) is 19.7. The molecule has 0 aliphatic carbocycles. The zero-order valence-electron chi connectivity index (χ0n) is 17.3. The summed E-state index contributed by atoms with van der Waals surface area (Å²) in [6, 6.07) is 0. The normalized spacial score (nSPS) is 21.1. The molecule has 0 saturated heterocycles. The third-order valence-corrected chi connectivity index (χ3v) is 21.0. The molecule has 32 heavy (non-hydrogen) atoms. The van der Waals surface area contributed by atoms with Crippen molar-refractivity contribution in [1.82, 2.24) is 0 Å². The van der Waals surface area contributed by atoms with Gasteiger partial charge in [0.2, 0.25) is 0 Å². The van der Waals surface area contributed by atoms with Gasteiger partial charge in [0, 0.05) is 5.75 Å². The van der Waals surface area contributed by atoms with Crippen LogP contribution in [0.4, 0.5) is 0 Å². The van der Waals surface area contributed by atoms with Gasteiger partial charge in [-0.05, 0) is 25.7 Å². The molecule has 0 aromatic carbocycles. The van der Waals surface area contributed by atoms with E-state index in [1.165, 1.54) is 42.4 Å². The first kappa shape index (κ1) is 27.4. The van der Waals surface area contributed by atoms with Crippen LogP contribution in [0.5, 0.6) is 0 Å². The summed E-state index contributed by atoms with van der Waals surface area (Å²) in [5.74, 6) is 0.663. The monoisotopic (exact) mass is 650 g/mol. The summed E-state index contributed by atoms with van der Waals surface area (Å²) in [4.78, 5) is 11.6. The van der Waals surface area contributed by atoms with Crippen LogP contribution in [-0.4, -0.2) is 37.1 Å². The molecule has 0 unspecified atom stereocenters. The first-order valence-corrected chi connectivity index (χ1v) is 20.3. The molecule has 0 bridgehead atoms. The van der Waals surface area contributed by atoms with Crippen LogP contribution in [0.15, 0.2) is 42.4 Å². The Hall–Kier alpha value is 2.37. The number of ether oxygens (including phenoxy) is 1. The van der Waals surface area contributed by atoms with Gasteiger partial charge in [0.1, 0.15) is 0 Å². The zero-order chi connectivity index (χ0) is 22.7. The highest BCUT2D eigenvalue weighted by atomic mass is 32.3. The van der Waals surface area contributed by atoms with Crippen molar-refractivity contribution in [3.05, 3.63) is 42.4 Å². The van der Waals surface area contributed by atoms with Crippen LogP contribution >= 0.6 is 141 Å². The second-order valence-corrected chi connectivity index (χ2v) is 20.0. The molecule has 4 aliphatic heterocycles. The highest BCUT2D eigenvalue weighted by Crippen LogP contribution is 2.73. The maximum Gasteiger partial charge on any atom is 0.306 e. The van der Waals surface area contributed by atoms with Gasteiger partial charge in [0.15, 0.2) is 0 Å². The van der Waals surface area contributed by atoms with Crippen molar-refractivity contribution < 1.29 is 9.53 Å². The van der Waals surface area contributed by atoms with Crippen molar-refractivity contribution in [1.29, 1.82) is 0 Å². The third kappa shape index (κ3) is 6.62. The maximum absolute atomic E-state index is 11.6. The highest BCUT2D eigenvalue weighted by Gasteiger charge is 2.37. The average Bonchev–Trinajstić information content (AvgIpc) is 3.54. The van der Waals surface area contributed by atoms with Gasteiger partial charge >= 0.3 is 5.97 Å². The van der Waals surface area contributed by atoms with E-state index in [0.29, 0.717) is 13.0 Å². The van der Waals surface area contributed by atoms with E-state index >= 15 is 0 Å². The topological polar surface area (TPSA) is 26.3 Å². The van der Waals surface area contributed by atoms with E-state index in [0.717, 1.165) is 5.75 Å². The van der Waals surface area contributed by atoms with E-state index in [-0.39, 0.29) is 5.97 Å². The van der Waals surface area contributed by atoms with Gasteiger partial charge in [-0.15, -0.1) is 47.0 Å². The fourth-order valence-electron chi connectivity index (χ4n) is 2.39. The van der Waals surface area contributed by atoms with Crippen LogP contribution in [0.25, 0.3) is 0 Å². The van der Waals surface area contributed by atoms with Crippen LogP contribution < -0.4 is 0 Å². The number of esters is 1. The lowest BCUT2D eigenvalue weighted by Gasteiger charge is -2.07. The number of hydrogen-bond acceptors (Lipinski definition) is 14. The molecule has 4 heterocycles. The molecule has 0 aromatic rings. The largest absolute Gasteiger partial charge is 0.466 e. The van der Waals surface area contributed by atoms with Gasteiger partial charge in [0.25, 0.3) is 0 Å². The highest BCUT2D eigenvalue weighted by molar-refractivity contribution is 8.51. The molecule has 0 atom stereocenters. The summed E-state index contributed by atoms with van der Waals surface area (Å²) in [5.41, 5.74) is 0. The van der Waals surface area contributed by atoms with Crippen molar-refractivity contribution >= 4 is 147 Å². The number of rotatable bonds is 8. The van der Waals surface area contributed by atoms with E-state index in [2.05, 4.69) is 18.8 Å². The Morgan fingerprint density at radius 1 is 0.656 bits per heavy atom. The van der Waals surface area contributed by atoms with Crippen molar-refractivity contribution in [2.45, 2.75) is 13.3 Å². The van der Waals surface area contributed by atoms with Crippen LogP contribution in [0, 0.1) is 0 Å². The fraction of sp³-hybridized carbons (Fsp3) is 0.389. The van der Waals surface area contributed by atoms with Crippen molar-refractivity contribution in [3.63, 3.8) is 0 Å². The number of carbonyl (C=O) groups excluding carboxylic acids is 1. The first-order valence-electron chi connectivity index (χ1n) is 9.10.